The second-order valence-electron chi connectivity index (χ2n) is 3.40. The van der Waals surface area contributed by atoms with E-state index in [9.17, 15) is 13.2 Å². The highest BCUT2D eigenvalue weighted by atomic mass is 19.3. The lowest BCUT2D eigenvalue weighted by molar-refractivity contribution is -0.00515. The van der Waals surface area contributed by atoms with Crippen LogP contribution in [0.2, 0.25) is 0 Å². The largest absolute Gasteiger partial charge is 0.322 e. The summed E-state index contributed by atoms with van der Waals surface area (Å²) in [6.45, 7) is 0.761. The first kappa shape index (κ1) is 11.0. The molecule has 0 heterocycles. The van der Waals surface area contributed by atoms with Crippen molar-refractivity contribution in [1.82, 2.24) is 0 Å². The zero-order valence-corrected chi connectivity index (χ0v) is 7.81. The van der Waals surface area contributed by atoms with Crippen LogP contribution >= 0.6 is 0 Å². The second-order valence-corrected chi connectivity index (χ2v) is 3.40. The molecule has 4 heteroatoms. The zero-order chi connectivity index (χ0) is 10.8. The fraction of sp³-hybridized carbons (Fsp3) is 0.400. The molecule has 0 saturated heterocycles. The summed E-state index contributed by atoms with van der Waals surface area (Å²) in [5.41, 5.74) is 5.75. The summed E-state index contributed by atoms with van der Waals surface area (Å²) in [5.74, 6) is -3.37. The average Bonchev–Trinajstić information content (AvgIpc) is 2.02. The van der Waals surface area contributed by atoms with Crippen LogP contribution in [0.1, 0.15) is 12.5 Å². The maximum absolute atomic E-state index is 12.7. The Morgan fingerprint density at radius 2 is 2.07 bits per heavy atom. The van der Waals surface area contributed by atoms with E-state index in [1.165, 1.54) is 18.2 Å². The van der Waals surface area contributed by atoms with Crippen molar-refractivity contribution in [2.75, 3.05) is 0 Å². The molecule has 1 unspecified atom stereocenters. The van der Waals surface area contributed by atoms with E-state index >= 15 is 0 Å². The number of benzene rings is 1. The lowest BCUT2D eigenvalue weighted by Gasteiger charge is -2.18. The van der Waals surface area contributed by atoms with Crippen molar-refractivity contribution >= 4 is 0 Å². The maximum Gasteiger partial charge on any atom is 0.260 e. The summed E-state index contributed by atoms with van der Waals surface area (Å²) in [4.78, 5) is 0. The summed E-state index contributed by atoms with van der Waals surface area (Å²) >= 11 is 0. The van der Waals surface area contributed by atoms with E-state index in [1.54, 1.807) is 6.07 Å². The summed E-state index contributed by atoms with van der Waals surface area (Å²) in [6.07, 6.45) is -0.0265. The van der Waals surface area contributed by atoms with Crippen molar-refractivity contribution in [3.63, 3.8) is 0 Å². The first-order valence-electron chi connectivity index (χ1n) is 4.27. The van der Waals surface area contributed by atoms with E-state index in [2.05, 4.69) is 0 Å². The number of hydrogen-bond donors (Lipinski definition) is 1. The van der Waals surface area contributed by atoms with Crippen molar-refractivity contribution < 1.29 is 13.2 Å². The fourth-order valence-corrected chi connectivity index (χ4v) is 1.10. The minimum Gasteiger partial charge on any atom is -0.322 e. The van der Waals surface area contributed by atoms with Crippen LogP contribution in [0.3, 0.4) is 0 Å². The van der Waals surface area contributed by atoms with Gasteiger partial charge in [-0.15, -0.1) is 0 Å². The van der Waals surface area contributed by atoms with Gasteiger partial charge < -0.3 is 5.73 Å². The van der Waals surface area contributed by atoms with Crippen molar-refractivity contribution in [3.05, 3.63) is 35.6 Å². The molecular formula is C10H12F3N. The lowest BCUT2D eigenvalue weighted by Crippen LogP contribution is -2.40. The van der Waals surface area contributed by atoms with Gasteiger partial charge in [0.05, 0.1) is 6.04 Å². The van der Waals surface area contributed by atoms with E-state index in [0.29, 0.717) is 5.56 Å². The minimum absolute atomic E-state index is 0.0265. The molecule has 2 N–H and O–H groups in total. The molecule has 1 aromatic rings. The van der Waals surface area contributed by atoms with E-state index < -0.39 is 17.8 Å². The summed E-state index contributed by atoms with van der Waals surface area (Å²) < 4.78 is 38.1. The molecule has 0 bridgehead atoms. The highest BCUT2D eigenvalue weighted by Gasteiger charge is 2.30. The number of alkyl halides is 2. The molecule has 0 fully saturated rings. The van der Waals surface area contributed by atoms with Gasteiger partial charge in [-0.2, -0.15) is 0 Å². The van der Waals surface area contributed by atoms with Crippen molar-refractivity contribution in [1.29, 1.82) is 0 Å². The first-order chi connectivity index (χ1) is 6.39. The first-order valence-corrected chi connectivity index (χ1v) is 4.27. The van der Waals surface area contributed by atoms with Gasteiger partial charge in [-0.05, 0) is 24.1 Å². The summed E-state index contributed by atoms with van der Waals surface area (Å²) in [6, 6.07) is 4.26. The Labute approximate surface area is 80.7 Å². The van der Waals surface area contributed by atoms with Crippen molar-refractivity contribution in [2.45, 2.75) is 25.3 Å². The van der Waals surface area contributed by atoms with Crippen LogP contribution in [0.15, 0.2) is 24.3 Å². The molecule has 1 rings (SSSR count). The minimum atomic E-state index is -2.94. The normalized spacial score (nSPS) is 14.1. The van der Waals surface area contributed by atoms with Gasteiger partial charge in [0.25, 0.3) is 5.92 Å². The molecule has 0 radical (unpaired) electrons. The highest BCUT2D eigenvalue weighted by molar-refractivity contribution is 5.17. The molecule has 0 spiro atoms. The van der Waals surface area contributed by atoms with E-state index in [4.69, 9.17) is 5.73 Å². The van der Waals surface area contributed by atoms with Gasteiger partial charge in [0.15, 0.2) is 0 Å². The third-order valence-corrected chi connectivity index (χ3v) is 2.00. The molecular weight excluding hydrogens is 191 g/mol. The number of nitrogens with two attached hydrogens (primary N) is 1. The molecule has 1 nitrogen and oxygen atoms in total. The Morgan fingerprint density at radius 3 is 2.57 bits per heavy atom. The fourth-order valence-electron chi connectivity index (χ4n) is 1.10. The monoisotopic (exact) mass is 203 g/mol. The number of hydrogen-bond acceptors (Lipinski definition) is 1. The van der Waals surface area contributed by atoms with E-state index in [0.717, 1.165) is 6.92 Å². The predicted octanol–water partition coefficient (Wildman–Crippen LogP) is 2.35. The van der Waals surface area contributed by atoms with Gasteiger partial charge in [0, 0.05) is 6.92 Å². The molecule has 1 atom stereocenters. The molecule has 0 aliphatic heterocycles. The molecule has 0 amide bonds. The van der Waals surface area contributed by atoms with Crippen LogP contribution in [-0.2, 0) is 6.42 Å². The molecule has 0 aliphatic rings. The molecule has 78 valence electrons. The Bertz CT molecular complexity index is 306. The number of halogens is 3. The van der Waals surface area contributed by atoms with Crippen LogP contribution in [0.25, 0.3) is 0 Å². The van der Waals surface area contributed by atoms with Crippen molar-refractivity contribution in [3.8, 4) is 0 Å². The molecule has 0 aliphatic carbocycles. The smallest absolute Gasteiger partial charge is 0.260 e. The van der Waals surface area contributed by atoms with Crippen LogP contribution in [0.5, 0.6) is 0 Å². The summed E-state index contributed by atoms with van der Waals surface area (Å²) in [5, 5.41) is 0. The number of rotatable bonds is 3. The quantitative estimate of drug-likeness (QED) is 0.801. The molecule has 0 saturated carbocycles. The van der Waals surface area contributed by atoms with Gasteiger partial charge in [0.2, 0.25) is 0 Å². The van der Waals surface area contributed by atoms with Crippen LogP contribution in [-0.4, -0.2) is 12.0 Å². The third kappa shape index (κ3) is 3.03. The Hall–Kier alpha value is -1.03. The van der Waals surface area contributed by atoms with Gasteiger partial charge in [0.1, 0.15) is 5.82 Å². The highest BCUT2D eigenvalue weighted by Crippen LogP contribution is 2.19. The van der Waals surface area contributed by atoms with Gasteiger partial charge in [-0.25, -0.2) is 13.2 Å². The molecule has 1 aromatic carbocycles. The summed E-state index contributed by atoms with van der Waals surface area (Å²) in [7, 11) is 0. The average molecular weight is 203 g/mol. The van der Waals surface area contributed by atoms with Crippen LogP contribution < -0.4 is 5.73 Å². The van der Waals surface area contributed by atoms with E-state index in [1.807, 2.05) is 0 Å². The van der Waals surface area contributed by atoms with E-state index in [-0.39, 0.29) is 6.42 Å². The van der Waals surface area contributed by atoms with Gasteiger partial charge in [-0.3, -0.25) is 0 Å². The van der Waals surface area contributed by atoms with Crippen LogP contribution in [0, 0.1) is 5.82 Å². The standard InChI is InChI=1S/C10H12F3N/c1-10(12,13)9(14)6-7-3-2-4-8(11)5-7/h2-5,9H,6,14H2,1H3. The molecule has 0 aromatic heterocycles. The van der Waals surface area contributed by atoms with Gasteiger partial charge in [-0.1, -0.05) is 12.1 Å². The van der Waals surface area contributed by atoms with Crippen molar-refractivity contribution in [2.24, 2.45) is 5.73 Å². The topological polar surface area (TPSA) is 26.0 Å². The Balaban J connectivity index is 2.70. The lowest BCUT2D eigenvalue weighted by atomic mass is 10.0. The zero-order valence-electron chi connectivity index (χ0n) is 7.81. The van der Waals surface area contributed by atoms with Gasteiger partial charge >= 0.3 is 0 Å². The predicted molar refractivity (Wildman–Crippen MR) is 48.7 cm³/mol. The third-order valence-electron chi connectivity index (χ3n) is 2.00. The van der Waals surface area contributed by atoms with Crippen LogP contribution in [0.4, 0.5) is 13.2 Å². The Morgan fingerprint density at radius 1 is 1.43 bits per heavy atom. The Kier molecular flexibility index (Phi) is 3.16. The molecule has 14 heavy (non-hydrogen) atoms. The maximum atomic E-state index is 12.7. The SMILES string of the molecule is CC(F)(F)C(N)Cc1cccc(F)c1. The second kappa shape index (κ2) is 4.00.